The summed E-state index contributed by atoms with van der Waals surface area (Å²) in [5.41, 5.74) is 6.19. The first kappa shape index (κ1) is 9.43. The molecule has 0 saturated carbocycles. The molecule has 5 heteroatoms. The number of imidazole rings is 1. The topological polar surface area (TPSA) is 54.7 Å². The van der Waals surface area contributed by atoms with Crippen molar-refractivity contribution in [1.82, 2.24) is 9.97 Å². The summed E-state index contributed by atoms with van der Waals surface area (Å²) in [6.45, 7) is 0.471. The van der Waals surface area contributed by atoms with Crippen molar-refractivity contribution in [2.24, 2.45) is 5.73 Å². The highest BCUT2D eigenvalue weighted by Crippen LogP contribution is 2.23. The molecule has 1 heterocycles. The Morgan fingerprint density at radius 3 is 2.93 bits per heavy atom. The van der Waals surface area contributed by atoms with Gasteiger partial charge in [0.25, 0.3) is 0 Å². The van der Waals surface area contributed by atoms with Gasteiger partial charge < -0.3 is 10.7 Å². The van der Waals surface area contributed by atoms with E-state index in [0.717, 1.165) is 0 Å². The van der Waals surface area contributed by atoms with E-state index in [0.29, 0.717) is 29.3 Å². The first-order valence-corrected chi connectivity index (χ1v) is 4.63. The highest BCUT2D eigenvalue weighted by Gasteiger charge is 2.09. The molecule has 3 N–H and O–H groups in total. The summed E-state index contributed by atoms with van der Waals surface area (Å²) >= 11 is 5.87. The third-order valence-corrected chi connectivity index (χ3v) is 2.29. The molecule has 0 aliphatic rings. The molecule has 3 nitrogen and oxygen atoms in total. The number of rotatable bonds is 2. The third kappa shape index (κ3) is 1.47. The van der Waals surface area contributed by atoms with Crippen LogP contribution in [0.3, 0.4) is 0 Å². The Hall–Kier alpha value is -1.13. The number of aromatic nitrogens is 2. The van der Waals surface area contributed by atoms with E-state index < -0.39 is 0 Å². The minimum Gasteiger partial charge on any atom is -0.341 e. The molecule has 74 valence electrons. The van der Waals surface area contributed by atoms with Crippen LogP contribution in [-0.4, -0.2) is 16.5 Å². The van der Waals surface area contributed by atoms with Gasteiger partial charge in [-0.1, -0.05) is 11.6 Å². The number of benzene rings is 1. The molecule has 0 amide bonds. The van der Waals surface area contributed by atoms with Crippen molar-refractivity contribution in [3.05, 3.63) is 28.8 Å². The number of nitrogens with zero attached hydrogens (tertiary/aromatic N) is 1. The van der Waals surface area contributed by atoms with Gasteiger partial charge in [-0.25, -0.2) is 9.37 Å². The number of hydrogen-bond donors (Lipinski definition) is 2. The molecular formula is C9H9ClFN3. The minimum absolute atomic E-state index is 0.279. The number of H-pyrrole nitrogens is 1. The Labute approximate surface area is 85.1 Å². The standard InChI is InChI=1S/C9H9ClFN3/c10-5-1-2-6(11)9-8(5)13-7(14-9)3-4-12/h1-2H,3-4,12H2,(H,13,14). The van der Waals surface area contributed by atoms with Crippen molar-refractivity contribution in [1.29, 1.82) is 0 Å². The lowest BCUT2D eigenvalue weighted by molar-refractivity contribution is 0.637. The Balaban J connectivity index is 2.63. The molecule has 2 rings (SSSR count). The zero-order valence-corrected chi connectivity index (χ0v) is 8.11. The van der Waals surface area contributed by atoms with Crippen LogP contribution < -0.4 is 5.73 Å². The molecule has 2 aromatic rings. The number of nitrogens with two attached hydrogens (primary N) is 1. The molecule has 0 atom stereocenters. The van der Waals surface area contributed by atoms with Gasteiger partial charge in [0.05, 0.1) is 10.5 Å². The smallest absolute Gasteiger partial charge is 0.151 e. The molecule has 14 heavy (non-hydrogen) atoms. The molecule has 0 bridgehead atoms. The summed E-state index contributed by atoms with van der Waals surface area (Å²) in [7, 11) is 0. The van der Waals surface area contributed by atoms with Crippen molar-refractivity contribution in [3.63, 3.8) is 0 Å². The summed E-state index contributed by atoms with van der Waals surface area (Å²) in [6, 6.07) is 2.81. The van der Waals surface area contributed by atoms with E-state index >= 15 is 0 Å². The lowest BCUT2D eigenvalue weighted by Gasteiger charge is -1.92. The van der Waals surface area contributed by atoms with Crippen molar-refractivity contribution >= 4 is 22.6 Å². The second-order valence-corrected chi connectivity index (χ2v) is 3.38. The maximum Gasteiger partial charge on any atom is 0.151 e. The molecule has 0 unspecified atom stereocenters. The van der Waals surface area contributed by atoms with Crippen LogP contribution in [0.4, 0.5) is 4.39 Å². The molecule has 1 aromatic heterocycles. The van der Waals surface area contributed by atoms with E-state index in [1.165, 1.54) is 12.1 Å². The molecule has 1 aromatic carbocycles. The predicted octanol–water partition coefficient (Wildman–Crippen LogP) is 1.86. The van der Waals surface area contributed by atoms with Crippen LogP contribution in [0.5, 0.6) is 0 Å². The third-order valence-electron chi connectivity index (χ3n) is 1.98. The van der Waals surface area contributed by atoms with Gasteiger partial charge in [0, 0.05) is 6.42 Å². The summed E-state index contributed by atoms with van der Waals surface area (Å²) < 4.78 is 13.2. The van der Waals surface area contributed by atoms with Crippen LogP contribution in [-0.2, 0) is 6.42 Å². The van der Waals surface area contributed by atoms with Crippen LogP contribution in [0.25, 0.3) is 11.0 Å². The number of nitrogens with one attached hydrogen (secondary N) is 1. The fourth-order valence-electron chi connectivity index (χ4n) is 1.33. The zero-order chi connectivity index (χ0) is 10.1. The van der Waals surface area contributed by atoms with Gasteiger partial charge >= 0.3 is 0 Å². The summed E-state index contributed by atoms with van der Waals surface area (Å²) in [5.74, 6) is 0.290. The lowest BCUT2D eigenvalue weighted by Crippen LogP contribution is -2.03. The zero-order valence-electron chi connectivity index (χ0n) is 7.35. The first-order valence-electron chi connectivity index (χ1n) is 4.25. The van der Waals surface area contributed by atoms with E-state index in [-0.39, 0.29) is 11.3 Å². The van der Waals surface area contributed by atoms with Gasteiger partial charge in [-0.2, -0.15) is 0 Å². The normalized spacial score (nSPS) is 11.1. The maximum absolute atomic E-state index is 13.2. The Morgan fingerprint density at radius 1 is 1.50 bits per heavy atom. The second kappa shape index (κ2) is 3.55. The van der Waals surface area contributed by atoms with E-state index in [4.69, 9.17) is 17.3 Å². The number of halogens is 2. The molecule has 0 aliphatic carbocycles. The van der Waals surface area contributed by atoms with Crippen molar-refractivity contribution in [2.75, 3.05) is 6.54 Å². The largest absolute Gasteiger partial charge is 0.341 e. The highest BCUT2D eigenvalue weighted by molar-refractivity contribution is 6.34. The SMILES string of the molecule is NCCc1nc2c(F)ccc(Cl)c2[nH]1. The first-order chi connectivity index (χ1) is 6.72. The molecule has 0 spiro atoms. The van der Waals surface area contributed by atoms with Crippen LogP contribution in [0.2, 0.25) is 5.02 Å². The fourth-order valence-corrected chi connectivity index (χ4v) is 1.53. The maximum atomic E-state index is 13.2. The second-order valence-electron chi connectivity index (χ2n) is 2.97. The molecular weight excluding hydrogens is 205 g/mol. The van der Waals surface area contributed by atoms with Crippen LogP contribution in [0.1, 0.15) is 5.82 Å². The van der Waals surface area contributed by atoms with Crippen LogP contribution in [0.15, 0.2) is 12.1 Å². The van der Waals surface area contributed by atoms with Gasteiger partial charge in [-0.05, 0) is 18.7 Å². The number of hydrogen-bond acceptors (Lipinski definition) is 2. The molecule has 0 aliphatic heterocycles. The van der Waals surface area contributed by atoms with Crippen molar-refractivity contribution in [2.45, 2.75) is 6.42 Å². The highest BCUT2D eigenvalue weighted by atomic mass is 35.5. The van der Waals surface area contributed by atoms with Gasteiger partial charge in [0.15, 0.2) is 5.82 Å². The van der Waals surface area contributed by atoms with Gasteiger partial charge in [-0.3, -0.25) is 0 Å². The lowest BCUT2D eigenvalue weighted by atomic mass is 10.3. The average Bonchev–Trinajstić information content (AvgIpc) is 2.57. The Kier molecular flexibility index (Phi) is 2.39. The average molecular weight is 214 g/mol. The molecule has 0 radical (unpaired) electrons. The van der Waals surface area contributed by atoms with Crippen LogP contribution >= 0.6 is 11.6 Å². The van der Waals surface area contributed by atoms with E-state index in [1.54, 1.807) is 0 Å². The predicted molar refractivity (Wildman–Crippen MR) is 53.8 cm³/mol. The van der Waals surface area contributed by atoms with Gasteiger partial charge in [-0.15, -0.1) is 0 Å². The van der Waals surface area contributed by atoms with E-state index in [9.17, 15) is 4.39 Å². The number of fused-ring (bicyclic) bond motifs is 1. The Bertz CT molecular complexity index is 427. The number of aromatic amines is 1. The Morgan fingerprint density at radius 2 is 2.29 bits per heavy atom. The van der Waals surface area contributed by atoms with Crippen molar-refractivity contribution < 1.29 is 4.39 Å². The minimum atomic E-state index is -0.371. The van der Waals surface area contributed by atoms with Gasteiger partial charge in [0.1, 0.15) is 11.3 Å². The van der Waals surface area contributed by atoms with E-state index in [2.05, 4.69) is 9.97 Å². The van der Waals surface area contributed by atoms with Crippen LogP contribution in [0, 0.1) is 5.82 Å². The summed E-state index contributed by atoms with van der Waals surface area (Å²) in [4.78, 5) is 7.01. The van der Waals surface area contributed by atoms with Crippen molar-refractivity contribution in [3.8, 4) is 0 Å². The summed E-state index contributed by atoms with van der Waals surface area (Å²) in [6.07, 6.45) is 0.588. The fraction of sp³-hybridized carbons (Fsp3) is 0.222. The molecule has 0 fully saturated rings. The van der Waals surface area contributed by atoms with Gasteiger partial charge in [0.2, 0.25) is 0 Å². The quantitative estimate of drug-likeness (QED) is 0.800. The molecule has 0 saturated heterocycles. The summed E-state index contributed by atoms with van der Waals surface area (Å²) in [5, 5.41) is 0.470. The monoisotopic (exact) mass is 213 g/mol. The van der Waals surface area contributed by atoms with E-state index in [1.807, 2.05) is 0 Å².